The molecule has 0 radical (unpaired) electrons. The van der Waals surface area contributed by atoms with Crippen molar-refractivity contribution in [1.29, 1.82) is 5.26 Å². The third-order valence-corrected chi connectivity index (χ3v) is 2.43. The Hall–Kier alpha value is -2.27. The fourth-order valence-corrected chi connectivity index (χ4v) is 1.31. The average Bonchev–Trinajstić information content (AvgIpc) is 2.37. The Balaban J connectivity index is 2.43. The van der Waals surface area contributed by atoms with Crippen LogP contribution in [0.5, 0.6) is 5.75 Å². The SMILES string of the molecule is C=C(C#N)/C(C)=C\C=C/COc1cccc(C)c1. The van der Waals surface area contributed by atoms with E-state index in [0.29, 0.717) is 12.2 Å². The van der Waals surface area contributed by atoms with Crippen LogP contribution < -0.4 is 4.74 Å². The van der Waals surface area contributed by atoms with Gasteiger partial charge in [0.25, 0.3) is 0 Å². The maximum atomic E-state index is 8.64. The Morgan fingerprint density at radius 1 is 1.50 bits per heavy atom. The Labute approximate surface area is 109 Å². The molecule has 0 aliphatic carbocycles. The highest BCUT2D eigenvalue weighted by molar-refractivity contribution is 5.39. The van der Waals surface area contributed by atoms with E-state index in [4.69, 9.17) is 10.00 Å². The Kier molecular flexibility index (Phi) is 5.47. The molecule has 0 N–H and O–H groups in total. The number of nitrogens with zero attached hydrogens (tertiary/aromatic N) is 1. The first kappa shape index (κ1) is 13.8. The standard InChI is InChI=1S/C16H17NO/c1-13-7-6-9-16(11-13)18-10-5-4-8-14(2)15(3)12-17/h4-9,11H,3,10H2,1-2H3/b5-4-,14-8-. The minimum Gasteiger partial charge on any atom is -0.490 e. The zero-order chi connectivity index (χ0) is 13.4. The fraction of sp³-hybridized carbons (Fsp3) is 0.188. The van der Waals surface area contributed by atoms with Gasteiger partial charge in [0, 0.05) is 5.57 Å². The molecule has 0 fully saturated rings. The summed E-state index contributed by atoms with van der Waals surface area (Å²) in [5, 5.41) is 8.64. The van der Waals surface area contributed by atoms with Crippen molar-refractivity contribution < 1.29 is 4.74 Å². The average molecular weight is 239 g/mol. The molecule has 1 aromatic rings. The molecule has 18 heavy (non-hydrogen) atoms. The van der Waals surface area contributed by atoms with E-state index in [2.05, 4.69) is 6.58 Å². The number of nitriles is 1. The van der Waals surface area contributed by atoms with Gasteiger partial charge in [-0.2, -0.15) is 5.26 Å². The van der Waals surface area contributed by atoms with Crippen LogP contribution in [0, 0.1) is 18.3 Å². The summed E-state index contributed by atoms with van der Waals surface area (Å²) in [6.07, 6.45) is 5.62. The van der Waals surface area contributed by atoms with Crippen molar-refractivity contribution >= 4 is 0 Å². The number of hydrogen-bond donors (Lipinski definition) is 0. The smallest absolute Gasteiger partial charge is 0.120 e. The molecule has 92 valence electrons. The summed E-state index contributed by atoms with van der Waals surface area (Å²) in [7, 11) is 0. The van der Waals surface area contributed by atoms with Gasteiger partial charge in [-0.15, -0.1) is 0 Å². The van der Waals surface area contributed by atoms with Crippen LogP contribution in [0.1, 0.15) is 12.5 Å². The van der Waals surface area contributed by atoms with Gasteiger partial charge in [0.15, 0.2) is 0 Å². The Morgan fingerprint density at radius 3 is 2.94 bits per heavy atom. The third-order valence-electron chi connectivity index (χ3n) is 2.43. The molecular weight excluding hydrogens is 222 g/mol. The second kappa shape index (κ2) is 7.13. The molecule has 0 atom stereocenters. The fourth-order valence-electron chi connectivity index (χ4n) is 1.31. The van der Waals surface area contributed by atoms with Crippen molar-refractivity contribution in [2.45, 2.75) is 13.8 Å². The largest absolute Gasteiger partial charge is 0.490 e. The van der Waals surface area contributed by atoms with E-state index in [9.17, 15) is 0 Å². The molecule has 0 saturated heterocycles. The van der Waals surface area contributed by atoms with Crippen LogP contribution in [0.25, 0.3) is 0 Å². The summed E-state index contributed by atoms with van der Waals surface area (Å²) in [5.74, 6) is 0.863. The summed E-state index contributed by atoms with van der Waals surface area (Å²) in [6, 6.07) is 9.93. The molecule has 0 heterocycles. The highest BCUT2D eigenvalue weighted by atomic mass is 16.5. The molecule has 0 spiro atoms. The number of benzene rings is 1. The highest BCUT2D eigenvalue weighted by Gasteiger charge is 1.92. The quantitative estimate of drug-likeness (QED) is 0.575. The lowest BCUT2D eigenvalue weighted by Crippen LogP contribution is -1.93. The topological polar surface area (TPSA) is 33.0 Å². The van der Waals surface area contributed by atoms with E-state index in [1.165, 1.54) is 5.56 Å². The van der Waals surface area contributed by atoms with E-state index in [1.54, 1.807) is 0 Å². The predicted octanol–water partition coefficient (Wildman–Crippen LogP) is 3.96. The predicted molar refractivity (Wildman–Crippen MR) is 74.3 cm³/mol. The number of aryl methyl sites for hydroxylation is 1. The van der Waals surface area contributed by atoms with Crippen molar-refractivity contribution in [2.24, 2.45) is 0 Å². The number of allylic oxidation sites excluding steroid dienone is 4. The van der Waals surface area contributed by atoms with Crippen LogP contribution in [0.3, 0.4) is 0 Å². The van der Waals surface area contributed by atoms with E-state index in [-0.39, 0.29) is 0 Å². The van der Waals surface area contributed by atoms with Gasteiger partial charge < -0.3 is 4.74 Å². The van der Waals surface area contributed by atoms with E-state index >= 15 is 0 Å². The second-order valence-corrected chi connectivity index (χ2v) is 4.00. The van der Waals surface area contributed by atoms with Crippen molar-refractivity contribution in [1.82, 2.24) is 0 Å². The van der Waals surface area contributed by atoms with Crippen LogP contribution in [-0.2, 0) is 0 Å². The monoisotopic (exact) mass is 239 g/mol. The van der Waals surface area contributed by atoms with Crippen LogP contribution in [0.4, 0.5) is 0 Å². The molecule has 0 aliphatic heterocycles. The normalized spacial score (nSPS) is 11.3. The first-order valence-corrected chi connectivity index (χ1v) is 5.75. The van der Waals surface area contributed by atoms with Gasteiger partial charge in [-0.3, -0.25) is 0 Å². The van der Waals surface area contributed by atoms with Crippen molar-refractivity contribution in [3.8, 4) is 11.8 Å². The first-order chi connectivity index (χ1) is 8.63. The molecule has 0 unspecified atom stereocenters. The van der Waals surface area contributed by atoms with Gasteiger partial charge in [-0.05, 0) is 43.2 Å². The molecule has 0 aliphatic rings. The highest BCUT2D eigenvalue weighted by Crippen LogP contribution is 2.12. The van der Waals surface area contributed by atoms with Crippen LogP contribution >= 0.6 is 0 Å². The van der Waals surface area contributed by atoms with E-state index in [0.717, 1.165) is 11.3 Å². The molecule has 1 rings (SSSR count). The van der Waals surface area contributed by atoms with Crippen molar-refractivity contribution in [3.05, 3.63) is 65.8 Å². The molecular formula is C16H17NO. The first-order valence-electron chi connectivity index (χ1n) is 5.75. The molecule has 0 saturated carbocycles. The molecule has 0 aromatic heterocycles. The van der Waals surface area contributed by atoms with E-state index < -0.39 is 0 Å². The zero-order valence-corrected chi connectivity index (χ0v) is 10.8. The lowest BCUT2D eigenvalue weighted by Gasteiger charge is -2.03. The molecule has 2 heteroatoms. The number of hydrogen-bond acceptors (Lipinski definition) is 2. The van der Waals surface area contributed by atoms with Crippen molar-refractivity contribution in [2.75, 3.05) is 6.61 Å². The minimum atomic E-state index is 0.485. The zero-order valence-electron chi connectivity index (χ0n) is 10.8. The third kappa shape index (κ3) is 4.71. The van der Waals surface area contributed by atoms with Crippen LogP contribution in [0.2, 0.25) is 0 Å². The Bertz CT molecular complexity index is 518. The van der Waals surface area contributed by atoms with Crippen LogP contribution in [-0.4, -0.2) is 6.61 Å². The van der Waals surface area contributed by atoms with E-state index in [1.807, 2.05) is 62.4 Å². The van der Waals surface area contributed by atoms with Gasteiger partial charge in [-0.25, -0.2) is 0 Å². The van der Waals surface area contributed by atoms with Gasteiger partial charge >= 0.3 is 0 Å². The minimum absolute atomic E-state index is 0.485. The van der Waals surface area contributed by atoms with Gasteiger partial charge in [0.1, 0.15) is 12.4 Å². The second-order valence-electron chi connectivity index (χ2n) is 4.00. The van der Waals surface area contributed by atoms with Gasteiger partial charge in [-0.1, -0.05) is 30.9 Å². The summed E-state index contributed by atoms with van der Waals surface area (Å²) in [6.45, 7) is 8.03. The molecule has 0 amide bonds. The summed E-state index contributed by atoms with van der Waals surface area (Å²) in [4.78, 5) is 0. The molecule has 0 bridgehead atoms. The van der Waals surface area contributed by atoms with Crippen LogP contribution in [0.15, 0.2) is 60.2 Å². The van der Waals surface area contributed by atoms with Gasteiger partial charge in [0.2, 0.25) is 0 Å². The summed E-state index contributed by atoms with van der Waals surface area (Å²) in [5.41, 5.74) is 2.53. The Morgan fingerprint density at radius 2 is 2.28 bits per heavy atom. The summed E-state index contributed by atoms with van der Waals surface area (Å²) < 4.78 is 5.55. The molecule has 2 nitrogen and oxygen atoms in total. The number of rotatable bonds is 5. The number of ether oxygens (including phenoxy) is 1. The lowest BCUT2D eigenvalue weighted by atomic mass is 10.1. The summed E-state index contributed by atoms with van der Waals surface area (Å²) >= 11 is 0. The maximum absolute atomic E-state index is 8.64. The lowest BCUT2D eigenvalue weighted by molar-refractivity contribution is 0.362. The molecule has 1 aromatic carbocycles. The van der Waals surface area contributed by atoms with Crippen molar-refractivity contribution in [3.63, 3.8) is 0 Å². The maximum Gasteiger partial charge on any atom is 0.120 e. The van der Waals surface area contributed by atoms with Gasteiger partial charge in [0.05, 0.1) is 6.07 Å².